The molecule has 0 N–H and O–H groups in total. The number of methoxy groups -OCH3 is 3. The SMILES string of the molecule is COCC(=O)N(Cc1cccc(F)c1)C[C@H]1CC(c2ccc(OC)c(OC)c2)=NO1. The Labute approximate surface area is 175 Å². The van der Waals surface area contributed by atoms with Crippen LogP contribution in [0.15, 0.2) is 47.6 Å². The minimum absolute atomic E-state index is 0.0641. The summed E-state index contributed by atoms with van der Waals surface area (Å²) in [6, 6.07) is 11.7. The van der Waals surface area contributed by atoms with Gasteiger partial charge in [-0.3, -0.25) is 4.79 Å². The number of amides is 1. The topological polar surface area (TPSA) is 69.6 Å². The predicted molar refractivity (Wildman–Crippen MR) is 109 cm³/mol. The van der Waals surface area contributed by atoms with E-state index in [1.807, 2.05) is 18.2 Å². The lowest BCUT2D eigenvalue weighted by Crippen LogP contribution is -2.39. The van der Waals surface area contributed by atoms with Crippen molar-refractivity contribution in [2.75, 3.05) is 34.5 Å². The third-order valence-electron chi connectivity index (χ3n) is 4.76. The summed E-state index contributed by atoms with van der Waals surface area (Å²) in [6.45, 7) is 0.496. The smallest absolute Gasteiger partial charge is 0.248 e. The molecular weight excluding hydrogens is 391 g/mol. The van der Waals surface area contributed by atoms with E-state index in [2.05, 4.69) is 5.16 Å². The minimum atomic E-state index is -0.345. The molecule has 3 rings (SSSR count). The third kappa shape index (κ3) is 5.27. The van der Waals surface area contributed by atoms with Gasteiger partial charge in [-0.15, -0.1) is 0 Å². The second kappa shape index (κ2) is 10.1. The number of hydrogen-bond donors (Lipinski definition) is 0. The first-order valence-electron chi connectivity index (χ1n) is 9.50. The van der Waals surface area contributed by atoms with E-state index in [0.29, 0.717) is 30.0 Å². The Bertz CT molecular complexity index is 918. The van der Waals surface area contributed by atoms with Gasteiger partial charge in [0.05, 0.1) is 26.5 Å². The average Bonchev–Trinajstić information content (AvgIpc) is 3.21. The molecule has 0 aromatic heterocycles. The number of nitrogens with zero attached hydrogens (tertiary/aromatic N) is 2. The van der Waals surface area contributed by atoms with E-state index in [1.165, 1.54) is 19.2 Å². The summed E-state index contributed by atoms with van der Waals surface area (Å²) < 4.78 is 29.1. The van der Waals surface area contributed by atoms with Gasteiger partial charge in [-0.25, -0.2) is 4.39 Å². The average molecular weight is 416 g/mol. The largest absolute Gasteiger partial charge is 0.493 e. The first kappa shape index (κ1) is 21.6. The van der Waals surface area contributed by atoms with E-state index in [0.717, 1.165) is 11.3 Å². The summed E-state index contributed by atoms with van der Waals surface area (Å²) in [7, 11) is 4.61. The van der Waals surface area contributed by atoms with Crippen LogP contribution in [0.25, 0.3) is 0 Å². The molecule has 0 aliphatic carbocycles. The van der Waals surface area contributed by atoms with Gasteiger partial charge in [-0.2, -0.15) is 0 Å². The maximum atomic E-state index is 13.5. The summed E-state index contributed by atoms with van der Waals surface area (Å²) in [5, 5.41) is 4.19. The van der Waals surface area contributed by atoms with E-state index in [-0.39, 0.29) is 31.0 Å². The Morgan fingerprint density at radius 3 is 2.67 bits per heavy atom. The molecule has 0 unspecified atom stereocenters. The number of halogens is 1. The lowest BCUT2D eigenvalue weighted by molar-refractivity contribution is -0.137. The van der Waals surface area contributed by atoms with Crippen LogP contribution in [-0.4, -0.2) is 57.1 Å². The molecule has 160 valence electrons. The highest BCUT2D eigenvalue weighted by atomic mass is 19.1. The van der Waals surface area contributed by atoms with Crippen LogP contribution in [0.5, 0.6) is 11.5 Å². The quantitative estimate of drug-likeness (QED) is 0.629. The normalized spacial score (nSPS) is 15.3. The molecule has 7 nitrogen and oxygen atoms in total. The highest BCUT2D eigenvalue weighted by Gasteiger charge is 2.27. The maximum Gasteiger partial charge on any atom is 0.248 e. The molecule has 1 atom stereocenters. The molecule has 30 heavy (non-hydrogen) atoms. The number of rotatable bonds is 9. The van der Waals surface area contributed by atoms with Crippen LogP contribution >= 0.6 is 0 Å². The van der Waals surface area contributed by atoms with E-state index in [1.54, 1.807) is 31.3 Å². The van der Waals surface area contributed by atoms with Crippen molar-refractivity contribution >= 4 is 11.6 Å². The predicted octanol–water partition coefficient (Wildman–Crippen LogP) is 3.01. The zero-order valence-electron chi connectivity index (χ0n) is 17.3. The van der Waals surface area contributed by atoms with Crippen molar-refractivity contribution in [3.63, 3.8) is 0 Å². The Balaban J connectivity index is 1.68. The van der Waals surface area contributed by atoms with E-state index in [4.69, 9.17) is 19.0 Å². The molecule has 0 radical (unpaired) electrons. The molecule has 1 aliphatic heterocycles. The van der Waals surface area contributed by atoms with Gasteiger partial charge in [0, 0.05) is 25.6 Å². The molecule has 0 bridgehead atoms. The van der Waals surface area contributed by atoms with Crippen molar-refractivity contribution < 1.29 is 28.2 Å². The molecule has 0 spiro atoms. The summed E-state index contributed by atoms with van der Waals surface area (Å²) in [5.41, 5.74) is 2.30. The Kier molecular flexibility index (Phi) is 7.24. The standard InChI is InChI=1S/C22H25FN2O5/c1-27-14-22(26)25(12-15-5-4-6-17(23)9-15)13-18-11-19(24-30-18)16-7-8-20(28-2)21(10-16)29-3/h4-10,18H,11-14H2,1-3H3/t18-/m1/s1. The summed E-state index contributed by atoms with van der Waals surface area (Å²) in [5.74, 6) is 0.681. The maximum absolute atomic E-state index is 13.5. The monoisotopic (exact) mass is 416 g/mol. The van der Waals surface area contributed by atoms with Crippen LogP contribution in [0.3, 0.4) is 0 Å². The molecule has 1 heterocycles. The highest BCUT2D eigenvalue weighted by molar-refractivity contribution is 6.01. The zero-order chi connectivity index (χ0) is 21.5. The molecule has 1 aliphatic rings. The lowest BCUT2D eigenvalue weighted by Gasteiger charge is -2.24. The van der Waals surface area contributed by atoms with Crippen molar-refractivity contribution in [1.29, 1.82) is 0 Å². The van der Waals surface area contributed by atoms with Gasteiger partial charge >= 0.3 is 0 Å². The number of ether oxygens (including phenoxy) is 3. The number of carbonyl (C=O) groups is 1. The third-order valence-corrected chi connectivity index (χ3v) is 4.76. The Morgan fingerprint density at radius 1 is 1.17 bits per heavy atom. The lowest BCUT2D eigenvalue weighted by atomic mass is 10.0. The van der Waals surface area contributed by atoms with Crippen molar-refractivity contribution in [1.82, 2.24) is 4.90 Å². The molecule has 8 heteroatoms. The van der Waals surface area contributed by atoms with Crippen LogP contribution < -0.4 is 9.47 Å². The summed E-state index contributed by atoms with van der Waals surface area (Å²) in [6.07, 6.45) is 0.206. The van der Waals surface area contributed by atoms with Crippen LogP contribution in [0.2, 0.25) is 0 Å². The fourth-order valence-electron chi connectivity index (χ4n) is 3.28. The van der Waals surface area contributed by atoms with Crippen LogP contribution in [0.1, 0.15) is 17.5 Å². The number of hydrogen-bond acceptors (Lipinski definition) is 6. The van der Waals surface area contributed by atoms with Crippen molar-refractivity contribution in [3.05, 3.63) is 59.4 Å². The van der Waals surface area contributed by atoms with Gasteiger partial charge in [0.25, 0.3) is 0 Å². The minimum Gasteiger partial charge on any atom is -0.493 e. The second-order valence-corrected chi connectivity index (χ2v) is 6.88. The first-order chi connectivity index (χ1) is 14.5. The Hall–Kier alpha value is -3.13. The molecule has 2 aromatic rings. The molecule has 0 saturated carbocycles. The van der Waals surface area contributed by atoms with E-state index in [9.17, 15) is 9.18 Å². The van der Waals surface area contributed by atoms with Gasteiger partial charge in [-0.05, 0) is 35.9 Å². The number of benzene rings is 2. The van der Waals surface area contributed by atoms with Gasteiger partial charge in [-0.1, -0.05) is 17.3 Å². The fraction of sp³-hybridized carbons (Fsp3) is 0.364. The molecular formula is C22H25FN2O5. The first-order valence-corrected chi connectivity index (χ1v) is 9.50. The van der Waals surface area contributed by atoms with Gasteiger partial charge < -0.3 is 23.9 Å². The van der Waals surface area contributed by atoms with Crippen molar-refractivity contribution in [3.8, 4) is 11.5 Å². The van der Waals surface area contributed by atoms with Gasteiger partial charge in [0.2, 0.25) is 5.91 Å². The number of oxime groups is 1. The summed E-state index contributed by atoms with van der Waals surface area (Å²) in [4.78, 5) is 19.7. The Morgan fingerprint density at radius 2 is 1.97 bits per heavy atom. The highest BCUT2D eigenvalue weighted by Crippen LogP contribution is 2.29. The molecule has 2 aromatic carbocycles. The van der Waals surface area contributed by atoms with Crippen LogP contribution in [0, 0.1) is 5.82 Å². The van der Waals surface area contributed by atoms with Gasteiger partial charge in [0.1, 0.15) is 12.4 Å². The molecule has 1 amide bonds. The molecule has 0 fully saturated rings. The fourth-order valence-corrected chi connectivity index (χ4v) is 3.28. The van der Waals surface area contributed by atoms with Crippen molar-refractivity contribution in [2.45, 2.75) is 19.1 Å². The van der Waals surface area contributed by atoms with E-state index < -0.39 is 0 Å². The van der Waals surface area contributed by atoms with Crippen LogP contribution in [-0.2, 0) is 20.9 Å². The van der Waals surface area contributed by atoms with Gasteiger partial charge in [0.15, 0.2) is 17.6 Å². The number of carbonyl (C=O) groups excluding carboxylic acids is 1. The summed E-state index contributed by atoms with van der Waals surface area (Å²) >= 11 is 0. The van der Waals surface area contributed by atoms with Crippen LogP contribution in [0.4, 0.5) is 4.39 Å². The van der Waals surface area contributed by atoms with E-state index >= 15 is 0 Å². The molecule has 0 saturated heterocycles. The van der Waals surface area contributed by atoms with Crippen molar-refractivity contribution in [2.24, 2.45) is 5.16 Å². The second-order valence-electron chi connectivity index (χ2n) is 6.88. The zero-order valence-corrected chi connectivity index (χ0v) is 17.3.